The lowest BCUT2D eigenvalue weighted by Gasteiger charge is -2.43. The summed E-state index contributed by atoms with van der Waals surface area (Å²) in [6.07, 6.45) is 2.34. The summed E-state index contributed by atoms with van der Waals surface area (Å²) in [5.41, 5.74) is 0. The number of unbranched alkanes of at least 4 members (excludes halogenated alkanes) is 1. The average Bonchev–Trinajstić information content (AvgIpc) is 2.59. The van der Waals surface area contributed by atoms with Gasteiger partial charge >= 0.3 is 17.9 Å². The molecule has 1 aliphatic heterocycles. The summed E-state index contributed by atoms with van der Waals surface area (Å²) in [4.78, 5) is 34.8. The molecule has 0 radical (unpaired) electrons. The molecule has 1 fully saturated rings. The van der Waals surface area contributed by atoms with Gasteiger partial charge in [0, 0.05) is 20.8 Å². The van der Waals surface area contributed by atoms with Gasteiger partial charge in [0.1, 0.15) is 6.54 Å². The molecule has 0 unspecified atom stereocenters. The molecule has 0 aromatic heterocycles. The van der Waals surface area contributed by atoms with Gasteiger partial charge in [-0.3, -0.25) is 14.4 Å². The first-order chi connectivity index (χ1) is 14.0. The zero-order valence-corrected chi connectivity index (χ0v) is 18.7. The third-order valence-electron chi connectivity index (χ3n) is 4.59. The Morgan fingerprint density at radius 1 is 0.933 bits per heavy atom. The Balaban J connectivity index is 2.82. The highest BCUT2D eigenvalue weighted by Crippen LogP contribution is 2.29. The highest BCUT2D eigenvalue weighted by molar-refractivity contribution is 5.68. The standard InChI is InChI=1S/C21H34NO8/c1-8-11-22(6,7)12-9-10-13-26-21-20(30-17(5)25)19(29-16(4)24)18(14(2)27-21)28-15(3)23/h1,14,18-21H,9-13H2,2-7H3/q+1/t14-,18+,19+,20-,21+/m0/s1. The van der Waals surface area contributed by atoms with E-state index >= 15 is 0 Å². The van der Waals surface area contributed by atoms with Crippen molar-refractivity contribution in [3.8, 4) is 12.3 Å². The van der Waals surface area contributed by atoms with Crippen LogP contribution in [0.25, 0.3) is 0 Å². The fraction of sp³-hybridized carbons (Fsp3) is 0.762. The van der Waals surface area contributed by atoms with Crippen LogP contribution in [0.15, 0.2) is 0 Å². The molecule has 0 bridgehead atoms. The monoisotopic (exact) mass is 428 g/mol. The van der Waals surface area contributed by atoms with E-state index < -0.39 is 48.6 Å². The van der Waals surface area contributed by atoms with Crippen LogP contribution in [-0.2, 0) is 38.1 Å². The van der Waals surface area contributed by atoms with Crippen LogP contribution in [-0.4, -0.2) is 86.9 Å². The lowest BCUT2D eigenvalue weighted by atomic mass is 9.99. The van der Waals surface area contributed by atoms with E-state index in [1.807, 2.05) is 0 Å². The number of esters is 3. The van der Waals surface area contributed by atoms with Gasteiger partial charge in [-0.2, -0.15) is 0 Å². The molecule has 30 heavy (non-hydrogen) atoms. The van der Waals surface area contributed by atoms with Gasteiger partial charge in [0.25, 0.3) is 0 Å². The normalized spacial score (nSPS) is 26.4. The minimum atomic E-state index is -1.07. The molecule has 1 rings (SSSR count). The van der Waals surface area contributed by atoms with Gasteiger partial charge in [0.05, 0.1) is 33.4 Å². The number of carbonyl (C=O) groups is 3. The molecule has 1 saturated heterocycles. The van der Waals surface area contributed by atoms with Crippen LogP contribution in [0.2, 0.25) is 0 Å². The van der Waals surface area contributed by atoms with E-state index in [-0.39, 0.29) is 0 Å². The summed E-state index contributed by atoms with van der Waals surface area (Å²) in [7, 11) is 4.12. The second kappa shape index (κ2) is 11.9. The molecule has 0 aromatic carbocycles. The zero-order valence-electron chi connectivity index (χ0n) is 18.7. The van der Waals surface area contributed by atoms with Crippen molar-refractivity contribution in [1.29, 1.82) is 0 Å². The topological polar surface area (TPSA) is 97.4 Å². The maximum atomic E-state index is 11.6. The van der Waals surface area contributed by atoms with Crippen molar-refractivity contribution < 1.29 is 42.6 Å². The van der Waals surface area contributed by atoms with Gasteiger partial charge in [-0.25, -0.2) is 0 Å². The third kappa shape index (κ3) is 8.69. The fourth-order valence-corrected chi connectivity index (χ4v) is 3.27. The smallest absolute Gasteiger partial charge is 0.303 e. The van der Waals surface area contributed by atoms with Crippen LogP contribution < -0.4 is 0 Å². The minimum absolute atomic E-state index is 0.343. The van der Waals surface area contributed by atoms with Gasteiger partial charge in [-0.1, -0.05) is 0 Å². The summed E-state index contributed by atoms with van der Waals surface area (Å²) >= 11 is 0. The van der Waals surface area contributed by atoms with Crippen LogP contribution in [0.3, 0.4) is 0 Å². The highest BCUT2D eigenvalue weighted by Gasteiger charge is 2.50. The Bertz CT molecular complexity index is 641. The summed E-state index contributed by atoms with van der Waals surface area (Å²) in [5.74, 6) is 0.895. The highest BCUT2D eigenvalue weighted by atomic mass is 16.7. The molecular weight excluding hydrogens is 394 g/mol. The van der Waals surface area contributed by atoms with Gasteiger partial charge < -0.3 is 28.2 Å². The fourth-order valence-electron chi connectivity index (χ4n) is 3.27. The molecule has 5 atom stereocenters. The van der Waals surface area contributed by atoms with Crippen molar-refractivity contribution in [2.45, 2.75) is 71.2 Å². The SMILES string of the molecule is C#CC[N+](C)(C)CCCCO[C@@H]1O[C@@H](C)[C@@H](OC(C)=O)[C@@H](OC(C)=O)[C@@H]1OC(C)=O. The van der Waals surface area contributed by atoms with Gasteiger partial charge in [-0.05, 0) is 25.7 Å². The first kappa shape index (κ1) is 25.9. The largest absolute Gasteiger partial charge is 0.456 e. The summed E-state index contributed by atoms with van der Waals surface area (Å²) < 4.78 is 28.3. The first-order valence-electron chi connectivity index (χ1n) is 10.0. The van der Waals surface area contributed by atoms with E-state index in [1.54, 1.807) is 6.92 Å². The number of ether oxygens (including phenoxy) is 5. The molecule has 170 valence electrons. The maximum Gasteiger partial charge on any atom is 0.303 e. The number of nitrogens with zero attached hydrogens (tertiary/aromatic N) is 1. The molecule has 0 aromatic rings. The zero-order chi connectivity index (χ0) is 22.9. The lowest BCUT2D eigenvalue weighted by molar-refractivity contribution is -0.883. The van der Waals surface area contributed by atoms with Crippen molar-refractivity contribution in [3.05, 3.63) is 0 Å². The maximum absolute atomic E-state index is 11.6. The average molecular weight is 429 g/mol. The number of carbonyl (C=O) groups excluding carboxylic acids is 3. The first-order valence-corrected chi connectivity index (χ1v) is 10.0. The molecule has 0 spiro atoms. The molecule has 1 aliphatic rings. The van der Waals surface area contributed by atoms with E-state index in [4.69, 9.17) is 30.1 Å². The van der Waals surface area contributed by atoms with E-state index in [9.17, 15) is 14.4 Å². The predicted molar refractivity (Wildman–Crippen MR) is 107 cm³/mol. The predicted octanol–water partition coefficient (Wildman–Crippen LogP) is 1.03. The molecule has 0 N–H and O–H groups in total. The number of terminal acetylenes is 1. The number of rotatable bonds is 10. The molecular formula is C21H34NO8+. The number of quaternary nitrogens is 1. The van der Waals surface area contributed by atoms with E-state index in [0.29, 0.717) is 17.6 Å². The minimum Gasteiger partial charge on any atom is -0.456 e. The molecule has 9 heteroatoms. The van der Waals surface area contributed by atoms with Crippen LogP contribution in [0.5, 0.6) is 0 Å². The summed E-state index contributed by atoms with van der Waals surface area (Å²) in [6.45, 7) is 7.23. The molecule has 0 saturated carbocycles. The van der Waals surface area contributed by atoms with E-state index in [2.05, 4.69) is 20.0 Å². The summed E-state index contributed by atoms with van der Waals surface area (Å²) in [6, 6.07) is 0. The Kier molecular flexibility index (Phi) is 10.3. The molecule has 0 amide bonds. The van der Waals surface area contributed by atoms with Crippen LogP contribution >= 0.6 is 0 Å². The van der Waals surface area contributed by atoms with Crippen LogP contribution in [0.4, 0.5) is 0 Å². The Hall–Kier alpha value is -2.15. The molecule has 1 heterocycles. The van der Waals surface area contributed by atoms with Gasteiger partial charge in [0.15, 0.2) is 24.6 Å². The summed E-state index contributed by atoms with van der Waals surface area (Å²) in [5, 5.41) is 0. The Labute approximate surface area is 178 Å². The molecule has 0 aliphatic carbocycles. The van der Waals surface area contributed by atoms with E-state index in [0.717, 1.165) is 19.4 Å². The second-order valence-corrected chi connectivity index (χ2v) is 8.03. The van der Waals surface area contributed by atoms with Crippen molar-refractivity contribution in [3.63, 3.8) is 0 Å². The van der Waals surface area contributed by atoms with Crippen LogP contribution in [0, 0.1) is 12.3 Å². The third-order valence-corrected chi connectivity index (χ3v) is 4.59. The van der Waals surface area contributed by atoms with Crippen molar-refractivity contribution in [1.82, 2.24) is 0 Å². The van der Waals surface area contributed by atoms with Gasteiger partial charge in [0.2, 0.25) is 0 Å². The van der Waals surface area contributed by atoms with E-state index in [1.165, 1.54) is 20.8 Å². The lowest BCUT2D eigenvalue weighted by Crippen LogP contribution is -2.61. The number of hydrogen-bond donors (Lipinski definition) is 0. The van der Waals surface area contributed by atoms with Crippen molar-refractivity contribution in [2.75, 3.05) is 33.8 Å². The van der Waals surface area contributed by atoms with Gasteiger partial charge in [-0.15, -0.1) is 6.42 Å². The quantitative estimate of drug-likeness (QED) is 0.167. The Morgan fingerprint density at radius 3 is 2.00 bits per heavy atom. The number of hydrogen-bond acceptors (Lipinski definition) is 8. The van der Waals surface area contributed by atoms with Crippen LogP contribution in [0.1, 0.15) is 40.5 Å². The van der Waals surface area contributed by atoms with Crippen molar-refractivity contribution in [2.24, 2.45) is 0 Å². The molecule has 9 nitrogen and oxygen atoms in total. The second-order valence-electron chi connectivity index (χ2n) is 8.03. The van der Waals surface area contributed by atoms with Crippen molar-refractivity contribution >= 4 is 17.9 Å². The Morgan fingerprint density at radius 2 is 1.47 bits per heavy atom.